The van der Waals surface area contributed by atoms with Crippen molar-refractivity contribution in [1.29, 1.82) is 0 Å². The first-order valence-electron chi connectivity index (χ1n) is 8.17. The Morgan fingerprint density at radius 1 is 1.15 bits per heavy atom. The Morgan fingerprint density at radius 3 is 2.23 bits per heavy atom. The number of nitrogens with zero attached hydrogens (tertiary/aromatic N) is 1. The second-order valence-electron chi connectivity index (χ2n) is 6.14. The average molecular weight is 377 g/mol. The number of thioether (sulfide) groups is 1. The van der Waals surface area contributed by atoms with E-state index in [-0.39, 0.29) is 17.0 Å². The van der Waals surface area contributed by atoms with Crippen molar-refractivity contribution in [2.24, 2.45) is 5.92 Å². The van der Waals surface area contributed by atoms with Crippen LogP contribution < -0.4 is 0 Å². The van der Waals surface area contributed by atoms with Crippen molar-refractivity contribution >= 4 is 29.6 Å². The number of carbonyl (C=O) groups is 3. The summed E-state index contributed by atoms with van der Waals surface area (Å²) in [5.74, 6) is -1.85. The molecule has 0 aliphatic carbocycles. The number of hydrogen-bond donors (Lipinski definition) is 0. The van der Waals surface area contributed by atoms with Gasteiger partial charge in [-0.05, 0) is 31.2 Å². The SMILES string of the molecule is COC(=O)C(=C(C)C)N1C(=O)C(C(OC(C)=O)c2ccccc2)C1SC. The summed E-state index contributed by atoms with van der Waals surface area (Å²) >= 11 is 1.43. The number of esters is 2. The molecule has 1 aliphatic rings. The highest BCUT2D eigenvalue weighted by atomic mass is 32.2. The molecule has 1 saturated heterocycles. The number of ether oxygens (including phenoxy) is 2. The molecule has 1 heterocycles. The third-order valence-corrected chi connectivity index (χ3v) is 5.15. The molecule has 6 nitrogen and oxygen atoms in total. The smallest absolute Gasteiger partial charge is 0.354 e. The molecular weight excluding hydrogens is 354 g/mol. The van der Waals surface area contributed by atoms with Crippen LogP contribution in [0.5, 0.6) is 0 Å². The maximum absolute atomic E-state index is 13.0. The van der Waals surface area contributed by atoms with Gasteiger partial charge < -0.3 is 9.47 Å². The first kappa shape index (κ1) is 20.0. The van der Waals surface area contributed by atoms with E-state index >= 15 is 0 Å². The fraction of sp³-hybridized carbons (Fsp3) is 0.421. The highest BCUT2D eigenvalue weighted by Gasteiger charge is 2.55. The van der Waals surface area contributed by atoms with Crippen LogP contribution in [0.25, 0.3) is 0 Å². The molecule has 0 saturated carbocycles. The van der Waals surface area contributed by atoms with Crippen LogP contribution in [0.3, 0.4) is 0 Å². The second kappa shape index (κ2) is 8.40. The van der Waals surface area contributed by atoms with Crippen molar-refractivity contribution < 1.29 is 23.9 Å². The Bertz CT molecular complexity index is 727. The Labute approximate surface area is 157 Å². The number of rotatable bonds is 6. The molecule has 0 aromatic heterocycles. The minimum Gasteiger partial charge on any atom is -0.464 e. The second-order valence-corrected chi connectivity index (χ2v) is 7.10. The molecule has 1 aromatic rings. The molecule has 1 aromatic carbocycles. The number of benzene rings is 1. The standard InChI is InChI=1S/C19H23NO5S/c1-11(2)15(19(23)24-4)20-17(22)14(18(20)26-5)16(25-12(3)21)13-9-7-6-8-10-13/h6-10,14,16,18H,1-5H3. The van der Waals surface area contributed by atoms with Crippen molar-refractivity contribution in [2.75, 3.05) is 13.4 Å². The van der Waals surface area contributed by atoms with Crippen LogP contribution in [0.2, 0.25) is 0 Å². The summed E-state index contributed by atoms with van der Waals surface area (Å²) < 4.78 is 10.3. The summed E-state index contributed by atoms with van der Waals surface area (Å²) in [5.41, 5.74) is 1.67. The molecule has 0 radical (unpaired) electrons. The lowest BCUT2D eigenvalue weighted by Crippen LogP contribution is -2.62. The van der Waals surface area contributed by atoms with Gasteiger partial charge in [-0.3, -0.25) is 14.5 Å². The molecule has 26 heavy (non-hydrogen) atoms. The lowest BCUT2D eigenvalue weighted by atomic mass is 9.86. The summed E-state index contributed by atoms with van der Waals surface area (Å²) in [4.78, 5) is 38.2. The highest BCUT2D eigenvalue weighted by Crippen LogP contribution is 2.46. The number of β-lactam (4-membered cyclic amide) rings is 1. The monoisotopic (exact) mass is 377 g/mol. The largest absolute Gasteiger partial charge is 0.464 e. The molecule has 3 atom stereocenters. The molecule has 7 heteroatoms. The fourth-order valence-electron chi connectivity index (χ4n) is 3.07. The van der Waals surface area contributed by atoms with Gasteiger partial charge in [0.1, 0.15) is 17.7 Å². The van der Waals surface area contributed by atoms with Gasteiger partial charge in [-0.15, -0.1) is 11.8 Å². The van der Waals surface area contributed by atoms with Crippen LogP contribution in [0.15, 0.2) is 41.6 Å². The Kier molecular flexibility index (Phi) is 6.47. The maximum Gasteiger partial charge on any atom is 0.354 e. The van der Waals surface area contributed by atoms with E-state index in [2.05, 4.69) is 0 Å². The van der Waals surface area contributed by atoms with Crippen LogP contribution in [-0.2, 0) is 23.9 Å². The molecule has 2 rings (SSSR count). The Morgan fingerprint density at radius 2 is 1.77 bits per heavy atom. The number of carbonyl (C=O) groups excluding carboxylic acids is 3. The highest BCUT2D eigenvalue weighted by molar-refractivity contribution is 7.99. The third kappa shape index (κ3) is 3.77. The van der Waals surface area contributed by atoms with E-state index in [0.717, 1.165) is 5.56 Å². The van der Waals surface area contributed by atoms with E-state index in [1.165, 1.54) is 30.7 Å². The molecule has 0 bridgehead atoms. The van der Waals surface area contributed by atoms with Gasteiger partial charge in [-0.2, -0.15) is 0 Å². The van der Waals surface area contributed by atoms with Gasteiger partial charge in [-0.25, -0.2) is 4.79 Å². The minimum absolute atomic E-state index is 0.239. The van der Waals surface area contributed by atoms with Gasteiger partial charge >= 0.3 is 11.9 Å². The van der Waals surface area contributed by atoms with Crippen LogP contribution >= 0.6 is 11.8 Å². The zero-order valence-corrected chi connectivity index (χ0v) is 16.3. The van der Waals surface area contributed by atoms with Crippen LogP contribution in [0, 0.1) is 5.92 Å². The van der Waals surface area contributed by atoms with Gasteiger partial charge in [-0.1, -0.05) is 30.3 Å². The lowest BCUT2D eigenvalue weighted by Gasteiger charge is -2.49. The summed E-state index contributed by atoms with van der Waals surface area (Å²) in [6.07, 6.45) is 1.15. The van der Waals surface area contributed by atoms with E-state index in [9.17, 15) is 14.4 Å². The molecule has 1 aliphatic heterocycles. The molecular formula is C19H23NO5S. The number of hydrogen-bond acceptors (Lipinski definition) is 6. The van der Waals surface area contributed by atoms with E-state index in [0.29, 0.717) is 5.57 Å². The van der Waals surface area contributed by atoms with E-state index in [1.54, 1.807) is 13.8 Å². The van der Waals surface area contributed by atoms with Crippen molar-refractivity contribution in [3.8, 4) is 0 Å². The normalized spacial score (nSPS) is 20.0. The third-order valence-electron chi connectivity index (χ3n) is 4.17. The molecule has 3 unspecified atom stereocenters. The van der Waals surface area contributed by atoms with Gasteiger partial charge in [0.15, 0.2) is 0 Å². The zero-order valence-electron chi connectivity index (χ0n) is 15.5. The Balaban J connectivity index is 2.40. The van der Waals surface area contributed by atoms with Crippen LogP contribution in [0.4, 0.5) is 0 Å². The maximum atomic E-state index is 13.0. The van der Waals surface area contributed by atoms with Gasteiger partial charge in [0.2, 0.25) is 5.91 Å². The summed E-state index contributed by atoms with van der Waals surface area (Å²) in [7, 11) is 1.28. The average Bonchev–Trinajstić information content (AvgIpc) is 2.62. The van der Waals surface area contributed by atoms with Crippen LogP contribution in [-0.4, -0.2) is 41.5 Å². The quantitative estimate of drug-likeness (QED) is 0.431. The summed E-state index contributed by atoms with van der Waals surface area (Å²) in [5, 5.41) is -0.337. The molecule has 0 N–H and O–H groups in total. The number of allylic oxidation sites excluding steroid dienone is 1. The predicted octanol–water partition coefficient (Wildman–Crippen LogP) is 2.91. The van der Waals surface area contributed by atoms with Gasteiger partial charge in [0, 0.05) is 6.92 Å². The molecule has 0 spiro atoms. The lowest BCUT2D eigenvalue weighted by molar-refractivity contribution is -0.168. The first-order chi connectivity index (χ1) is 12.3. The molecule has 140 valence electrons. The van der Waals surface area contributed by atoms with Crippen molar-refractivity contribution in [2.45, 2.75) is 32.2 Å². The molecule has 1 amide bonds. The zero-order chi connectivity index (χ0) is 19.4. The van der Waals surface area contributed by atoms with Crippen molar-refractivity contribution in [1.82, 2.24) is 4.90 Å². The number of likely N-dealkylation sites (tertiary alicyclic amines) is 1. The predicted molar refractivity (Wildman–Crippen MR) is 99.0 cm³/mol. The van der Waals surface area contributed by atoms with Crippen molar-refractivity contribution in [3.63, 3.8) is 0 Å². The summed E-state index contributed by atoms with van der Waals surface area (Å²) in [6, 6.07) is 9.16. The Hall–Kier alpha value is -2.28. The number of amides is 1. The van der Waals surface area contributed by atoms with Crippen molar-refractivity contribution in [3.05, 3.63) is 47.2 Å². The van der Waals surface area contributed by atoms with E-state index < -0.39 is 24.0 Å². The summed E-state index contributed by atoms with van der Waals surface area (Å²) in [6.45, 7) is 4.83. The van der Waals surface area contributed by atoms with Gasteiger partial charge in [0.25, 0.3) is 0 Å². The molecule has 1 fully saturated rings. The first-order valence-corrected chi connectivity index (χ1v) is 9.46. The van der Waals surface area contributed by atoms with Gasteiger partial charge in [0.05, 0.1) is 12.5 Å². The topological polar surface area (TPSA) is 72.9 Å². The van der Waals surface area contributed by atoms with E-state index in [4.69, 9.17) is 9.47 Å². The number of methoxy groups -OCH3 is 1. The minimum atomic E-state index is -0.703. The fourth-order valence-corrected chi connectivity index (χ4v) is 4.04. The van der Waals surface area contributed by atoms with E-state index in [1.807, 2.05) is 36.6 Å². The van der Waals surface area contributed by atoms with Crippen LogP contribution in [0.1, 0.15) is 32.4 Å².